The van der Waals surface area contributed by atoms with Crippen molar-refractivity contribution in [3.05, 3.63) is 36.0 Å². The van der Waals surface area contributed by atoms with Crippen LogP contribution in [0.25, 0.3) is 10.8 Å². The van der Waals surface area contributed by atoms with Crippen LogP contribution < -0.4 is 4.74 Å². The molecule has 0 saturated carbocycles. The Kier molecular flexibility index (Phi) is 3.49. The van der Waals surface area contributed by atoms with Crippen LogP contribution >= 0.6 is 0 Å². The quantitative estimate of drug-likeness (QED) is 0.890. The molecule has 0 saturated heterocycles. The van der Waals surface area contributed by atoms with Gasteiger partial charge in [-0.1, -0.05) is 18.2 Å². The van der Waals surface area contributed by atoms with Gasteiger partial charge in [0, 0.05) is 17.1 Å². The van der Waals surface area contributed by atoms with E-state index in [-0.39, 0.29) is 12.5 Å². The normalized spacial score (nSPS) is 11.1. The van der Waals surface area contributed by atoms with Crippen molar-refractivity contribution in [3.63, 3.8) is 0 Å². The van der Waals surface area contributed by atoms with E-state index in [1.807, 2.05) is 0 Å². The van der Waals surface area contributed by atoms with Gasteiger partial charge in [0.2, 0.25) is 5.88 Å². The number of aliphatic hydroxyl groups is 1. The molecular weight excluding hydrogens is 228 g/mol. The average molecular weight is 239 g/mol. The van der Waals surface area contributed by atoms with Crippen LogP contribution in [-0.2, 0) is 6.61 Å². The van der Waals surface area contributed by atoms with Gasteiger partial charge < -0.3 is 9.84 Å². The second kappa shape index (κ2) is 5.05. The van der Waals surface area contributed by atoms with Crippen LogP contribution in [0.5, 0.6) is 5.88 Å². The number of nitrogens with zero attached hydrogens (tertiary/aromatic N) is 1. The third-order valence-corrected chi connectivity index (χ3v) is 2.36. The molecule has 0 unspecified atom stereocenters. The van der Waals surface area contributed by atoms with Crippen molar-refractivity contribution in [1.29, 1.82) is 0 Å². The molecule has 0 radical (unpaired) electrons. The van der Waals surface area contributed by atoms with Gasteiger partial charge in [-0.15, -0.1) is 0 Å². The fourth-order valence-electron chi connectivity index (χ4n) is 1.61. The average Bonchev–Trinajstić information content (AvgIpc) is 2.35. The summed E-state index contributed by atoms with van der Waals surface area (Å²) < 4.78 is 29.1. The molecule has 1 heterocycles. The summed E-state index contributed by atoms with van der Waals surface area (Å²) in [4.78, 5) is 3.93. The van der Waals surface area contributed by atoms with E-state index in [0.29, 0.717) is 10.9 Å². The standard InChI is InChI=1S/C12H11F2NO2/c13-11(14)7-17-12-10-4-2-1-3-9(10)8(6-16)5-15-12/h1-5,11,16H,6-7H2. The van der Waals surface area contributed by atoms with E-state index in [1.165, 1.54) is 6.20 Å². The van der Waals surface area contributed by atoms with E-state index in [1.54, 1.807) is 24.3 Å². The van der Waals surface area contributed by atoms with Crippen molar-refractivity contribution >= 4 is 10.8 Å². The minimum Gasteiger partial charge on any atom is -0.471 e. The Morgan fingerprint density at radius 2 is 1.94 bits per heavy atom. The fourth-order valence-corrected chi connectivity index (χ4v) is 1.61. The van der Waals surface area contributed by atoms with Crippen molar-refractivity contribution in [2.75, 3.05) is 6.61 Å². The van der Waals surface area contributed by atoms with E-state index in [2.05, 4.69) is 4.98 Å². The first-order valence-corrected chi connectivity index (χ1v) is 5.11. The third kappa shape index (κ3) is 2.50. The molecule has 0 fully saturated rings. The number of halogens is 2. The lowest BCUT2D eigenvalue weighted by atomic mass is 10.1. The molecule has 1 aromatic carbocycles. The van der Waals surface area contributed by atoms with Crippen LogP contribution in [0.3, 0.4) is 0 Å². The highest BCUT2D eigenvalue weighted by atomic mass is 19.3. The number of pyridine rings is 1. The molecule has 0 amide bonds. The lowest BCUT2D eigenvalue weighted by molar-refractivity contribution is 0.0804. The number of fused-ring (bicyclic) bond motifs is 1. The molecule has 3 nitrogen and oxygen atoms in total. The molecule has 1 N–H and O–H groups in total. The highest BCUT2D eigenvalue weighted by Gasteiger charge is 2.10. The van der Waals surface area contributed by atoms with E-state index in [9.17, 15) is 8.78 Å². The Balaban J connectivity index is 2.43. The molecule has 0 atom stereocenters. The summed E-state index contributed by atoms with van der Waals surface area (Å²) in [7, 11) is 0. The molecule has 2 rings (SSSR count). The Bertz CT molecular complexity index is 517. The second-order valence-corrected chi connectivity index (χ2v) is 3.49. The summed E-state index contributed by atoms with van der Waals surface area (Å²) >= 11 is 0. The summed E-state index contributed by atoms with van der Waals surface area (Å²) in [6.07, 6.45) is -1.10. The Labute approximate surface area is 96.7 Å². The first kappa shape index (κ1) is 11.7. The zero-order chi connectivity index (χ0) is 12.3. The van der Waals surface area contributed by atoms with Crippen LogP contribution in [0.4, 0.5) is 8.78 Å². The molecule has 0 aliphatic heterocycles. The van der Waals surface area contributed by atoms with Crippen molar-refractivity contribution < 1.29 is 18.6 Å². The molecule has 0 bridgehead atoms. The highest BCUT2D eigenvalue weighted by Crippen LogP contribution is 2.26. The molecule has 90 valence electrons. The number of aliphatic hydroxyl groups excluding tert-OH is 1. The highest BCUT2D eigenvalue weighted by molar-refractivity contribution is 5.89. The summed E-state index contributed by atoms with van der Waals surface area (Å²) in [6.45, 7) is -0.835. The van der Waals surface area contributed by atoms with Gasteiger partial charge in [0.25, 0.3) is 6.43 Å². The number of aromatic nitrogens is 1. The SMILES string of the molecule is OCc1cnc(OCC(F)F)c2ccccc12. The molecule has 2 aromatic rings. The van der Waals surface area contributed by atoms with Crippen molar-refractivity contribution in [2.45, 2.75) is 13.0 Å². The van der Waals surface area contributed by atoms with Crippen molar-refractivity contribution in [3.8, 4) is 5.88 Å². The van der Waals surface area contributed by atoms with Crippen LogP contribution in [0, 0.1) is 0 Å². The van der Waals surface area contributed by atoms with Gasteiger partial charge in [-0.25, -0.2) is 13.8 Å². The van der Waals surface area contributed by atoms with E-state index in [0.717, 1.165) is 5.39 Å². The van der Waals surface area contributed by atoms with Crippen LogP contribution in [0.1, 0.15) is 5.56 Å². The largest absolute Gasteiger partial charge is 0.471 e. The molecule has 0 aliphatic carbocycles. The molecule has 0 spiro atoms. The van der Waals surface area contributed by atoms with Crippen molar-refractivity contribution in [2.24, 2.45) is 0 Å². The maximum Gasteiger partial charge on any atom is 0.272 e. The maximum atomic E-state index is 12.1. The molecule has 0 aliphatic rings. The van der Waals surface area contributed by atoms with Crippen molar-refractivity contribution in [1.82, 2.24) is 4.98 Å². The molecule has 5 heteroatoms. The van der Waals surface area contributed by atoms with Gasteiger partial charge in [0.1, 0.15) is 0 Å². The summed E-state index contributed by atoms with van der Waals surface area (Å²) in [6, 6.07) is 7.08. The second-order valence-electron chi connectivity index (χ2n) is 3.49. The number of hydrogen-bond donors (Lipinski definition) is 1. The summed E-state index contributed by atoms with van der Waals surface area (Å²) in [5.74, 6) is 0.165. The predicted molar refractivity (Wildman–Crippen MR) is 59.2 cm³/mol. The Morgan fingerprint density at radius 1 is 1.24 bits per heavy atom. The minimum absolute atomic E-state index is 0.150. The number of benzene rings is 1. The number of hydrogen-bond acceptors (Lipinski definition) is 3. The van der Waals surface area contributed by atoms with Crippen LogP contribution in [-0.4, -0.2) is 23.1 Å². The monoisotopic (exact) mass is 239 g/mol. The Hall–Kier alpha value is -1.75. The van der Waals surface area contributed by atoms with Gasteiger partial charge in [-0.2, -0.15) is 0 Å². The van der Waals surface area contributed by atoms with Crippen LogP contribution in [0.15, 0.2) is 30.5 Å². The lowest BCUT2D eigenvalue weighted by Gasteiger charge is -2.09. The van der Waals surface area contributed by atoms with Gasteiger partial charge in [-0.3, -0.25) is 0 Å². The minimum atomic E-state index is -2.53. The Morgan fingerprint density at radius 3 is 2.59 bits per heavy atom. The van der Waals surface area contributed by atoms with E-state index < -0.39 is 13.0 Å². The predicted octanol–water partition coefficient (Wildman–Crippen LogP) is 2.37. The number of ether oxygens (including phenoxy) is 1. The van der Waals surface area contributed by atoms with Gasteiger partial charge in [0.05, 0.1) is 6.61 Å². The fraction of sp³-hybridized carbons (Fsp3) is 0.250. The molecule has 1 aromatic heterocycles. The van der Waals surface area contributed by atoms with Gasteiger partial charge in [0.15, 0.2) is 6.61 Å². The number of rotatable bonds is 4. The number of alkyl halides is 2. The first-order chi connectivity index (χ1) is 8.22. The molecular formula is C12H11F2NO2. The van der Waals surface area contributed by atoms with E-state index in [4.69, 9.17) is 9.84 Å². The van der Waals surface area contributed by atoms with Gasteiger partial charge in [-0.05, 0) is 11.5 Å². The smallest absolute Gasteiger partial charge is 0.272 e. The van der Waals surface area contributed by atoms with Gasteiger partial charge >= 0.3 is 0 Å². The molecule has 17 heavy (non-hydrogen) atoms. The van der Waals surface area contributed by atoms with Crippen LogP contribution in [0.2, 0.25) is 0 Å². The third-order valence-electron chi connectivity index (χ3n) is 2.36. The lowest BCUT2D eigenvalue weighted by Crippen LogP contribution is -2.08. The zero-order valence-corrected chi connectivity index (χ0v) is 8.94. The topological polar surface area (TPSA) is 42.4 Å². The summed E-state index contributed by atoms with van der Waals surface area (Å²) in [5.41, 5.74) is 0.644. The van der Waals surface area contributed by atoms with E-state index >= 15 is 0 Å². The zero-order valence-electron chi connectivity index (χ0n) is 8.94. The first-order valence-electron chi connectivity index (χ1n) is 5.11. The summed E-state index contributed by atoms with van der Waals surface area (Å²) in [5, 5.41) is 10.5. The maximum absolute atomic E-state index is 12.1.